The summed E-state index contributed by atoms with van der Waals surface area (Å²) in [5.41, 5.74) is 2.67. The number of allylic oxidation sites excluding steroid dienone is 2. The highest BCUT2D eigenvalue weighted by Gasteiger charge is 2.23. The molecule has 29 heavy (non-hydrogen) atoms. The van der Waals surface area contributed by atoms with Crippen molar-refractivity contribution in [3.05, 3.63) is 83.4 Å². The third-order valence-electron chi connectivity index (χ3n) is 4.97. The number of cyclic esters (lactones) is 1. The van der Waals surface area contributed by atoms with Crippen molar-refractivity contribution >= 4 is 11.9 Å². The molecule has 0 saturated heterocycles. The Morgan fingerprint density at radius 2 is 1.55 bits per heavy atom. The van der Waals surface area contributed by atoms with Crippen molar-refractivity contribution in [3.8, 4) is 0 Å². The van der Waals surface area contributed by atoms with Gasteiger partial charge in [-0.25, -0.2) is 0 Å². The summed E-state index contributed by atoms with van der Waals surface area (Å²) in [6.45, 7) is 0.719. The van der Waals surface area contributed by atoms with Crippen LogP contribution in [-0.2, 0) is 27.5 Å². The van der Waals surface area contributed by atoms with E-state index in [4.69, 9.17) is 4.74 Å². The zero-order chi connectivity index (χ0) is 20.5. The summed E-state index contributed by atoms with van der Waals surface area (Å²) in [5.74, 6) is -0.234. The first-order chi connectivity index (χ1) is 14.2. The van der Waals surface area contributed by atoms with Crippen LogP contribution in [0.3, 0.4) is 0 Å². The van der Waals surface area contributed by atoms with Crippen LogP contribution in [0, 0.1) is 0 Å². The molecule has 0 fully saturated rings. The number of hydrogen-bond acceptors (Lipinski definition) is 4. The molecular weight excluding hydrogens is 366 g/mol. The second-order valence-corrected chi connectivity index (χ2v) is 7.19. The predicted molar refractivity (Wildman–Crippen MR) is 111 cm³/mol. The Labute approximate surface area is 171 Å². The van der Waals surface area contributed by atoms with Crippen LogP contribution in [0.5, 0.6) is 0 Å². The maximum absolute atomic E-state index is 12.9. The molecule has 1 heterocycles. The van der Waals surface area contributed by atoms with Crippen LogP contribution < -0.4 is 0 Å². The van der Waals surface area contributed by atoms with Crippen LogP contribution in [-0.4, -0.2) is 28.4 Å². The highest BCUT2D eigenvalue weighted by molar-refractivity contribution is 5.76. The van der Waals surface area contributed by atoms with Crippen LogP contribution >= 0.6 is 0 Å². The largest absolute Gasteiger partial charge is 0.456 e. The van der Waals surface area contributed by atoms with Crippen molar-refractivity contribution in [2.45, 2.75) is 44.9 Å². The molecule has 1 aliphatic rings. The molecule has 2 aromatic carbocycles. The molecule has 1 N–H and O–H groups in total. The number of aliphatic hydroxyl groups excluding tert-OH is 1. The summed E-state index contributed by atoms with van der Waals surface area (Å²) in [5, 5.41) is 9.23. The van der Waals surface area contributed by atoms with Gasteiger partial charge in [0.05, 0.1) is 13.2 Å². The molecule has 5 heteroatoms. The number of benzene rings is 2. The normalized spacial score (nSPS) is 19.8. The summed E-state index contributed by atoms with van der Waals surface area (Å²) in [7, 11) is 0. The van der Waals surface area contributed by atoms with E-state index in [-0.39, 0.29) is 18.5 Å². The van der Waals surface area contributed by atoms with Gasteiger partial charge in [-0.1, -0.05) is 66.7 Å². The first-order valence-electron chi connectivity index (χ1n) is 10.0. The summed E-state index contributed by atoms with van der Waals surface area (Å²) in [4.78, 5) is 27.0. The number of carbonyl (C=O) groups excluding carboxylic acids is 2. The second kappa shape index (κ2) is 10.6. The van der Waals surface area contributed by atoms with Crippen LogP contribution in [0.25, 0.3) is 0 Å². The quantitative estimate of drug-likeness (QED) is 0.632. The fourth-order valence-electron chi connectivity index (χ4n) is 3.32. The summed E-state index contributed by atoms with van der Waals surface area (Å²) in [6.07, 6.45) is 5.41. The summed E-state index contributed by atoms with van der Waals surface area (Å²) >= 11 is 0. The van der Waals surface area contributed by atoms with Gasteiger partial charge in [0.2, 0.25) is 5.91 Å². The number of carbonyl (C=O) groups is 2. The van der Waals surface area contributed by atoms with Crippen LogP contribution in [0.1, 0.15) is 48.5 Å². The summed E-state index contributed by atoms with van der Waals surface area (Å²) in [6, 6.07) is 17.1. The fraction of sp³-hybridized carbons (Fsp3) is 0.333. The van der Waals surface area contributed by atoms with Crippen molar-refractivity contribution in [1.29, 1.82) is 0 Å². The van der Waals surface area contributed by atoms with E-state index in [1.54, 1.807) is 4.90 Å². The molecule has 0 bridgehead atoms. The smallest absolute Gasteiger partial charge is 0.306 e. The topological polar surface area (TPSA) is 66.8 Å². The van der Waals surface area contributed by atoms with Crippen LogP contribution in [0.15, 0.2) is 66.7 Å². The average Bonchev–Trinajstić information content (AvgIpc) is 2.75. The Morgan fingerprint density at radius 1 is 0.897 bits per heavy atom. The van der Waals surface area contributed by atoms with Gasteiger partial charge in [0, 0.05) is 19.4 Å². The lowest BCUT2D eigenvalue weighted by atomic mass is 10.1. The van der Waals surface area contributed by atoms with Gasteiger partial charge in [-0.05, 0) is 29.5 Å². The zero-order valence-corrected chi connectivity index (χ0v) is 16.5. The highest BCUT2D eigenvalue weighted by atomic mass is 16.5. The van der Waals surface area contributed by atoms with E-state index in [0.717, 1.165) is 16.7 Å². The van der Waals surface area contributed by atoms with Gasteiger partial charge < -0.3 is 14.7 Å². The molecule has 3 rings (SSSR count). The predicted octanol–water partition coefficient (Wildman–Crippen LogP) is 3.92. The molecule has 2 aromatic rings. The number of rotatable bonds is 4. The van der Waals surface area contributed by atoms with Crippen molar-refractivity contribution in [2.75, 3.05) is 6.54 Å². The molecule has 0 spiro atoms. The monoisotopic (exact) mass is 393 g/mol. The first-order valence-corrected chi connectivity index (χ1v) is 10.0. The maximum atomic E-state index is 12.9. The molecule has 0 radical (unpaired) electrons. The molecule has 0 saturated carbocycles. The number of aliphatic hydroxyl groups is 1. The average molecular weight is 393 g/mol. The van der Waals surface area contributed by atoms with Crippen molar-refractivity contribution in [2.24, 2.45) is 0 Å². The lowest BCUT2D eigenvalue weighted by molar-refractivity contribution is -0.152. The van der Waals surface area contributed by atoms with E-state index in [2.05, 4.69) is 0 Å². The lowest BCUT2D eigenvalue weighted by Gasteiger charge is -2.28. The van der Waals surface area contributed by atoms with Gasteiger partial charge in [0.1, 0.15) is 6.10 Å². The van der Waals surface area contributed by atoms with Gasteiger partial charge in [-0.3, -0.25) is 9.59 Å². The number of hydrogen-bond donors (Lipinski definition) is 1. The Hall–Kier alpha value is -2.92. The Balaban J connectivity index is 1.85. The van der Waals surface area contributed by atoms with Gasteiger partial charge >= 0.3 is 5.97 Å². The second-order valence-electron chi connectivity index (χ2n) is 7.19. The van der Waals surface area contributed by atoms with Crippen molar-refractivity contribution < 1.29 is 19.4 Å². The van der Waals surface area contributed by atoms with E-state index in [1.807, 2.05) is 66.7 Å². The minimum atomic E-state index is -0.507. The lowest BCUT2D eigenvalue weighted by Crippen LogP contribution is -2.35. The first kappa shape index (κ1) is 20.8. The molecule has 152 valence electrons. The molecule has 0 aromatic heterocycles. The Kier molecular flexibility index (Phi) is 7.59. The Morgan fingerprint density at radius 3 is 2.24 bits per heavy atom. The molecular formula is C24H27NO4. The standard InChI is InChI=1S/C24H27NO4/c26-18-20-14-12-19(13-15-20)16-25-17-22(21-8-4-3-5-9-21)29-24(28)11-7-2-1-6-10-23(25)27/h1-5,8-9,12-15,22,26H,6-7,10-11,16-18H2/b2-1+/t22-/m0/s1. The van der Waals surface area contributed by atoms with E-state index in [9.17, 15) is 14.7 Å². The minimum absolute atomic E-state index is 0.0126. The zero-order valence-electron chi connectivity index (χ0n) is 16.5. The van der Waals surface area contributed by atoms with Gasteiger partial charge in [0.25, 0.3) is 0 Å². The van der Waals surface area contributed by atoms with Crippen LogP contribution in [0.4, 0.5) is 0 Å². The van der Waals surface area contributed by atoms with Crippen LogP contribution in [0.2, 0.25) is 0 Å². The highest BCUT2D eigenvalue weighted by Crippen LogP contribution is 2.22. The number of nitrogens with zero attached hydrogens (tertiary/aromatic N) is 1. The van der Waals surface area contributed by atoms with Crippen molar-refractivity contribution in [3.63, 3.8) is 0 Å². The molecule has 0 unspecified atom stereocenters. The van der Waals surface area contributed by atoms with Gasteiger partial charge in [0.15, 0.2) is 0 Å². The molecule has 5 nitrogen and oxygen atoms in total. The van der Waals surface area contributed by atoms with E-state index >= 15 is 0 Å². The molecule has 1 amide bonds. The third kappa shape index (κ3) is 6.29. The molecule has 1 atom stereocenters. The maximum Gasteiger partial charge on any atom is 0.306 e. The molecule has 0 aliphatic carbocycles. The fourth-order valence-corrected chi connectivity index (χ4v) is 3.32. The van der Waals surface area contributed by atoms with Crippen molar-refractivity contribution in [1.82, 2.24) is 4.90 Å². The minimum Gasteiger partial charge on any atom is -0.456 e. The SMILES string of the molecule is O=C1CC/C=C/CCC(=O)N(Cc2ccc(CO)cc2)C[C@@H](c2ccccc2)O1. The summed E-state index contributed by atoms with van der Waals surface area (Å²) < 4.78 is 5.76. The van der Waals surface area contributed by atoms with E-state index < -0.39 is 6.10 Å². The number of ether oxygens (including phenoxy) is 1. The molecule has 1 aliphatic heterocycles. The van der Waals surface area contributed by atoms with Gasteiger partial charge in [-0.2, -0.15) is 0 Å². The van der Waals surface area contributed by atoms with E-state index in [1.165, 1.54) is 0 Å². The van der Waals surface area contributed by atoms with E-state index in [0.29, 0.717) is 38.8 Å². The van der Waals surface area contributed by atoms with Gasteiger partial charge in [-0.15, -0.1) is 0 Å². The number of esters is 1. The number of amides is 1. The Bertz CT molecular complexity index is 830. The third-order valence-corrected chi connectivity index (χ3v) is 4.97.